The van der Waals surface area contributed by atoms with Crippen molar-refractivity contribution in [2.24, 2.45) is 0 Å². The van der Waals surface area contributed by atoms with Gasteiger partial charge in [-0.2, -0.15) is 0 Å². The number of hydrogen-bond acceptors (Lipinski definition) is 5. The first-order chi connectivity index (χ1) is 19.7. The molecule has 5 nitrogen and oxygen atoms in total. The van der Waals surface area contributed by atoms with Gasteiger partial charge in [0.25, 0.3) is 0 Å². The third-order valence-electron chi connectivity index (χ3n) is 7.63. The average molecular weight is 550 g/mol. The molecule has 0 saturated heterocycles. The summed E-state index contributed by atoms with van der Waals surface area (Å²) in [4.78, 5) is 17.2. The second-order valence-electron chi connectivity index (χ2n) is 10.9. The smallest absolute Gasteiger partial charge is 0.345 e. The van der Waals surface area contributed by atoms with Crippen molar-refractivity contribution in [3.63, 3.8) is 0 Å². The number of aryl methyl sites for hydroxylation is 2. The van der Waals surface area contributed by atoms with Crippen molar-refractivity contribution >= 4 is 11.1 Å². The van der Waals surface area contributed by atoms with Crippen molar-refractivity contribution in [1.29, 1.82) is 0 Å². The normalized spacial score (nSPS) is 11.4. The molecule has 2 aromatic heterocycles. The molecule has 0 aliphatic rings. The monoisotopic (exact) mass is 549 g/mol. The summed E-state index contributed by atoms with van der Waals surface area (Å²) in [5.41, 5.74) is 4.06. The van der Waals surface area contributed by atoms with Crippen LogP contribution in [-0.4, -0.2) is 24.8 Å². The van der Waals surface area contributed by atoms with Gasteiger partial charge >= 0.3 is 5.63 Å². The van der Waals surface area contributed by atoms with Gasteiger partial charge in [0.05, 0.1) is 18.4 Å². The molecule has 0 spiro atoms. The second-order valence-corrected chi connectivity index (χ2v) is 10.9. The molecule has 0 amide bonds. The molecule has 40 heavy (non-hydrogen) atoms. The molecule has 0 bridgehead atoms. The SMILES string of the molecule is CCCCCc1ccc(-c2cc3cc(OCCCCCCCCCCCCOCC)cnc3oc2=O)c(CC)c1. The molecule has 2 heterocycles. The van der Waals surface area contributed by atoms with Crippen molar-refractivity contribution in [3.05, 3.63) is 58.1 Å². The van der Waals surface area contributed by atoms with Crippen LogP contribution in [0.25, 0.3) is 22.2 Å². The summed E-state index contributed by atoms with van der Waals surface area (Å²) in [6.45, 7) is 8.84. The molecule has 0 atom stereocenters. The Hall–Kier alpha value is -2.66. The Balaban J connectivity index is 1.45. The second kappa shape index (κ2) is 18.6. The predicted molar refractivity (Wildman–Crippen MR) is 166 cm³/mol. The molecule has 0 aliphatic carbocycles. The number of pyridine rings is 1. The summed E-state index contributed by atoms with van der Waals surface area (Å²) >= 11 is 0. The fourth-order valence-electron chi connectivity index (χ4n) is 5.25. The van der Waals surface area contributed by atoms with Crippen molar-refractivity contribution in [2.45, 2.75) is 117 Å². The lowest BCUT2D eigenvalue weighted by atomic mass is 9.95. The van der Waals surface area contributed by atoms with E-state index in [-0.39, 0.29) is 5.63 Å². The van der Waals surface area contributed by atoms with Gasteiger partial charge in [-0.1, -0.05) is 96.3 Å². The van der Waals surface area contributed by atoms with Crippen molar-refractivity contribution in [2.75, 3.05) is 19.8 Å². The molecule has 0 fully saturated rings. The Bertz CT molecular complexity index is 1190. The van der Waals surface area contributed by atoms with E-state index >= 15 is 0 Å². The van der Waals surface area contributed by atoms with Crippen LogP contribution in [0.2, 0.25) is 0 Å². The van der Waals surface area contributed by atoms with Gasteiger partial charge in [-0.25, -0.2) is 9.78 Å². The van der Waals surface area contributed by atoms with E-state index in [0.29, 0.717) is 17.9 Å². The number of unbranched alkanes of at least 4 members (excludes halogenated alkanes) is 11. The van der Waals surface area contributed by atoms with Gasteiger partial charge in [0, 0.05) is 18.6 Å². The zero-order valence-electron chi connectivity index (χ0n) is 25.3. The minimum atomic E-state index is -0.344. The predicted octanol–water partition coefficient (Wildman–Crippen LogP) is 9.47. The molecule has 0 aliphatic heterocycles. The molecule has 0 unspecified atom stereocenters. The van der Waals surface area contributed by atoms with Crippen LogP contribution in [0.3, 0.4) is 0 Å². The van der Waals surface area contributed by atoms with Crippen molar-refractivity contribution in [1.82, 2.24) is 4.98 Å². The quantitative estimate of drug-likeness (QED) is 0.124. The van der Waals surface area contributed by atoms with Crippen LogP contribution >= 0.6 is 0 Å². The topological polar surface area (TPSA) is 61.6 Å². The highest BCUT2D eigenvalue weighted by Gasteiger charge is 2.13. The summed E-state index contributed by atoms with van der Waals surface area (Å²) in [5.74, 6) is 0.721. The maximum atomic E-state index is 12.9. The molecule has 0 radical (unpaired) electrons. The van der Waals surface area contributed by atoms with E-state index in [4.69, 9.17) is 13.9 Å². The largest absolute Gasteiger partial charge is 0.492 e. The van der Waals surface area contributed by atoms with E-state index < -0.39 is 0 Å². The first kappa shape index (κ1) is 31.9. The molecular weight excluding hydrogens is 498 g/mol. The summed E-state index contributed by atoms with van der Waals surface area (Å²) in [5, 5.41) is 0.791. The summed E-state index contributed by atoms with van der Waals surface area (Å²) < 4.78 is 17.0. The Labute approximate surface area is 241 Å². The van der Waals surface area contributed by atoms with E-state index in [1.54, 1.807) is 6.20 Å². The van der Waals surface area contributed by atoms with Gasteiger partial charge in [-0.3, -0.25) is 0 Å². The Morgan fingerprint density at radius 2 is 1.45 bits per heavy atom. The number of aromatic nitrogens is 1. The van der Waals surface area contributed by atoms with Crippen molar-refractivity contribution in [3.8, 4) is 16.9 Å². The highest BCUT2D eigenvalue weighted by Crippen LogP contribution is 2.27. The van der Waals surface area contributed by atoms with Crippen LogP contribution in [0.1, 0.15) is 115 Å². The fraction of sp³-hybridized carbons (Fsp3) is 0.600. The molecule has 5 heteroatoms. The summed E-state index contributed by atoms with van der Waals surface area (Å²) in [6, 6.07) is 10.3. The lowest BCUT2D eigenvalue weighted by Crippen LogP contribution is -2.06. The van der Waals surface area contributed by atoms with Gasteiger partial charge in [0.15, 0.2) is 0 Å². The molecule has 3 rings (SSSR count). The minimum Gasteiger partial charge on any atom is -0.492 e. The molecule has 220 valence electrons. The number of hydrogen-bond donors (Lipinski definition) is 0. The van der Waals surface area contributed by atoms with E-state index in [1.165, 1.54) is 88.2 Å². The molecular formula is C35H51NO4. The van der Waals surface area contributed by atoms with Gasteiger partial charge in [-0.05, 0) is 67.9 Å². The van der Waals surface area contributed by atoms with Crippen LogP contribution in [-0.2, 0) is 17.6 Å². The highest BCUT2D eigenvalue weighted by atomic mass is 16.5. The molecule has 1 aromatic carbocycles. The van der Waals surface area contributed by atoms with Gasteiger partial charge in [0.2, 0.25) is 5.71 Å². The van der Waals surface area contributed by atoms with Gasteiger partial charge in [-0.15, -0.1) is 0 Å². The third-order valence-corrected chi connectivity index (χ3v) is 7.63. The lowest BCUT2D eigenvalue weighted by Gasteiger charge is -2.11. The number of benzene rings is 1. The third kappa shape index (κ3) is 10.7. The first-order valence-electron chi connectivity index (χ1n) is 15.9. The Morgan fingerprint density at radius 3 is 2.12 bits per heavy atom. The fourth-order valence-corrected chi connectivity index (χ4v) is 5.25. The number of ether oxygens (including phenoxy) is 2. The molecule has 0 N–H and O–H groups in total. The van der Waals surface area contributed by atoms with Crippen LogP contribution in [0.4, 0.5) is 0 Å². The van der Waals surface area contributed by atoms with E-state index in [0.717, 1.165) is 49.2 Å². The number of rotatable bonds is 21. The van der Waals surface area contributed by atoms with Crippen LogP contribution < -0.4 is 10.4 Å². The standard InChI is InChI=1S/C35H51NO4/c1-4-7-16-19-28-20-21-32(29(5-2)24-28)33-26-30-25-31(27-36-34(30)40-35(33)37)39-23-18-15-13-11-9-8-10-12-14-17-22-38-6-3/h20-21,24-27H,4-19,22-23H2,1-3H3. The zero-order chi connectivity index (χ0) is 28.4. The van der Waals surface area contributed by atoms with Gasteiger partial charge in [0.1, 0.15) is 5.75 Å². The molecule has 3 aromatic rings. The lowest BCUT2D eigenvalue weighted by molar-refractivity contribution is 0.143. The van der Waals surface area contributed by atoms with Crippen LogP contribution in [0.5, 0.6) is 5.75 Å². The van der Waals surface area contributed by atoms with E-state index in [2.05, 4.69) is 44.0 Å². The summed E-state index contributed by atoms with van der Waals surface area (Å²) in [7, 11) is 0. The maximum absolute atomic E-state index is 12.9. The average Bonchev–Trinajstić information content (AvgIpc) is 2.97. The Morgan fingerprint density at radius 1 is 0.750 bits per heavy atom. The zero-order valence-corrected chi connectivity index (χ0v) is 25.3. The Kier molecular flexibility index (Phi) is 14.9. The summed E-state index contributed by atoms with van der Waals surface area (Å²) in [6.07, 6.45) is 19.9. The molecule has 0 saturated carbocycles. The first-order valence-corrected chi connectivity index (χ1v) is 15.9. The highest BCUT2D eigenvalue weighted by molar-refractivity contribution is 5.81. The van der Waals surface area contributed by atoms with Crippen LogP contribution in [0, 0.1) is 0 Å². The van der Waals surface area contributed by atoms with Gasteiger partial charge < -0.3 is 13.9 Å². The van der Waals surface area contributed by atoms with Crippen LogP contribution in [0.15, 0.2) is 45.7 Å². The number of nitrogens with zero attached hydrogens (tertiary/aromatic N) is 1. The van der Waals surface area contributed by atoms with Crippen molar-refractivity contribution < 1.29 is 13.9 Å². The van der Waals surface area contributed by atoms with E-state index in [9.17, 15) is 4.79 Å². The minimum absolute atomic E-state index is 0.344. The van der Waals surface area contributed by atoms with E-state index in [1.807, 2.05) is 12.1 Å². The number of fused-ring (bicyclic) bond motifs is 1. The maximum Gasteiger partial charge on any atom is 0.345 e.